The van der Waals surface area contributed by atoms with Crippen molar-refractivity contribution < 1.29 is 9.59 Å². The zero-order chi connectivity index (χ0) is 7.84. The van der Waals surface area contributed by atoms with E-state index in [0.29, 0.717) is 11.3 Å². The van der Waals surface area contributed by atoms with Crippen molar-refractivity contribution in [3.63, 3.8) is 0 Å². The van der Waals surface area contributed by atoms with Gasteiger partial charge in [-0.25, -0.2) is 0 Å². The quantitative estimate of drug-likeness (QED) is 0.528. The number of carbonyl (C=O) groups excluding carboxylic acids is 2. The van der Waals surface area contributed by atoms with Gasteiger partial charge in [-0.3, -0.25) is 0 Å². The van der Waals surface area contributed by atoms with Gasteiger partial charge in [0, 0.05) is 0 Å². The molecule has 1 aromatic heterocycles. The summed E-state index contributed by atoms with van der Waals surface area (Å²) in [4.78, 5) is 21.8. The van der Waals surface area contributed by atoms with E-state index in [-0.39, 0.29) is 0 Å². The molecule has 0 aliphatic carbocycles. The molecule has 0 saturated carbocycles. The molecule has 1 aliphatic rings. The number of hydrogen-bond donors (Lipinski definition) is 1. The Morgan fingerprint density at radius 3 is 2.91 bits per heavy atom. The van der Waals surface area contributed by atoms with Gasteiger partial charge in [0.05, 0.1) is 0 Å². The summed E-state index contributed by atoms with van der Waals surface area (Å²) in [5, 5.41) is 2.46. The van der Waals surface area contributed by atoms with Gasteiger partial charge < -0.3 is 0 Å². The van der Waals surface area contributed by atoms with Crippen LogP contribution < -0.4 is 5.32 Å². The van der Waals surface area contributed by atoms with Gasteiger partial charge in [-0.15, -0.1) is 0 Å². The Morgan fingerprint density at radius 1 is 1.36 bits per heavy atom. The molecule has 3 nitrogen and oxygen atoms in total. The molecule has 0 spiro atoms. The molecule has 1 amide bonds. The van der Waals surface area contributed by atoms with E-state index >= 15 is 0 Å². The van der Waals surface area contributed by atoms with Crippen LogP contribution in [-0.2, 0) is 4.79 Å². The average molecular weight is 145 g/mol. The van der Waals surface area contributed by atoms with Crippen molar-refractivity contribution >= 4 is 24.3 Å². The van der Waals surface area contributed by atoms with Gasteiger partial charge in [-0.05, 0) is 0 Å². The van der Waals surface area contributed by atoms with Gasteiger partial charge in [0.15, 0.2) is 0 Å². The van der Waals surface area contributed by atoms with E-state index in [1.165, 1.54) is 0 Å². The molecule has 0 unspecified atom stereocenters. The number of Topliss-reactive ketones (excluding diaryl/α,β-unsaturated/α-hetero) is 1. The Kier molecular flexibility index (Phi) is 1.15. The molecule has 0 bridgehead atoms. The summed E-state index contributed by atoms with van der Waals surface area (Å²) in [6.07, 6.45) is 0. The number of anilines is 1. The molecule has 0 radical (unpaired) electrons. The molecule has 2 rings (SSSR count). The van der Waals surface area contributed by atoms with Gasteiger partial charge in [0.2, 0.25) is 0 Å². The molecule has 1 N–H and O–H groups in total. The second-order valence-electron chi connectivity index (χ2n) is 2.33. The molecule has 11 heavy (non-hydrogen) atoms. The van der Waals surface area contributed by atoms with E-state index in [1.807, 2.05) is 0 Å². The first kappa shape index (κ1) is 6.28. The van der Waals surface area contributed by atoms with Crippen LogP contribution in [-0.4, -0.2) is 18.6 Å². The van der Waals surface area contributed by atoms with Crippen molar-refractivity contribution in [2.45, 2.75) is 0 Å². The van der Waals surface area contributed by atoms with E-state index in [9.17, 15) is 9.59 Å². The normalized spacial score (nSPS) is 14.2. The fraction of sp³-hybridized carbons (Fsp3) is 0. The summed E-state index contributed by atoms with van der Waals surface area (Å²) < 4.78 is 0. The average Bonchev–Trinajstić information content (AvgIpc) is 2.30. The predicted octanol–water partition coefficient (Wildman–Crippen LogP) is 0.160. The number of fused-ring (bicyclic) bond motifs is 1. The van der Waals surface area contributed by atoms with Crippen molar-refractivity contribution in [3.8, 4) is 0 Å². The third kappa shape index (κ3) is 0.791. The maximum absolute atomic E-state index is 11.0. The van der Waals surface area contributed by atoms with E-state index in [2.05, 4.69) is 5.32 Å². The van der Waals surface area contributed by atoms with E-state index in [0.717, 1.165) is 0 Å². The topological polar surface area (TPSA) is 46.2 Å². The second-order valence-corrected chi connectivity index (χ2v) is 2.33. The van der Waals surface area contributed by atoms with Crippen LogP contribution in [0.15, 0.2) is 18.0 Å². The molecule has 2 heterocycles. The molecule has 0 saturated heterocycles. The van der Waals surface area contributed by atoms with Crippen molar-refractivity contribution in [1.29, 1.82) is 0 Å². The van der Waals surface area contributed by atoms with Crippen LogP contribution in [0.1, 0.15) is 10.4 Å². The summed E-state index contributed by atoms with van der Waals surface area (Å²) in [5.41, 5.74) is 1.08. The van der Waals surface area contributed by atoms with Crippen LogP contribution in [0, 0.1) is 0 Å². The minimum atomic E-state index is -0.536. The molecule has 0 aromatic carbocycles. The van der Waals surface area contributed by atoms with Crippen LogP contribution in [0.25, 0.3) is 0 Å². The number of rotatable bonds is 0. The van der Waals surface area contributed by atoms with Crippen molar-refractivity contribution in [1.82, 2.24) is 0 Å². The van der Waals surface area contributed by atoms with Gasteiger partial charge in [0.1, 0.15) is 0 Å². The Balaban J connectivity index is 2.64. The summed E-state index contributed by atoms with van der Waals surface area (Å²) in [6.45, 7) is 1.73. The third-order valence-electron chi connectivity index (χ3n) is 1.63. The van der Waals surface area contributed by atoms with Gasteiger partial charge >= 0.3 is 62.7 Å². The molecule has 52 valence electrons. The zero-order valence-electron chi connectivity index (χ0n) is 5.63. The number of amides is 1. The van der Waals surface area contributed by atoms with E-state index < -0.39 is 11.7 Å². The van der Waals surface area contributed by atoms with Crippen LogP contribution in [0.3, 0.4) is 0 Å². The fourth-order valence-corrected chi connectivity index (χ4v) is 1.09. The zero-order valence-corrected chi connectivity index (χ0v) is 5.63. The SMILES string of the molecule is O=C1Nc2ccbcc2C1=O. The van der Waals surface area contributed by atoms with Crippen molar-refractivity contribution in [2.24, 2.45) is 0 Å². The summed E-state index contributed by atoms with van der Waals surface area (Å²) in [6, 6.07) is 1.71. The standard InChI is InChI=1S/C7H4BNO2/c10-6-4-3-8-2-1-5(4)9-7(6)11/h1-3H,(H,9,10,11). The first-order valence-corrected chi connectivity index (χ1v) is 3.24. The Labute approximate surface area is 63.6 Å². The number of ketones is 1. The Hall–Kier alpha value is -1.45. The molecule has 1 aliphatic heterocycles. The third-order valence-corrected chi connectivity index (χ3v) is 1.63. The van der Waals surface area contributed by atoms with Crippen molar-refractivity contribution in [3.05, 3.63) is 23.6 Å². The van der Waals surface area contributed by atoms with Gasteiger partial charge in [-0.2, -0.15) is 0 Å². The maximum atomic E-state index is 11.0. The predicted molar refractivity (Wildman–Crippen MR) is 40.7 cm³/mol. The molecule has 0 fully saturated rings. The van der Waals surface area contributed by atoms with Crippen LogP contribution >= 0.6 is 0 Å². The number of nitrogens with one attached hydrogen (secondary N) is 1. The first-order valence-electron chi connectivity index (χ1n) is 3.24. The molecular formula is C7H4BNO2. The first-order chi connectivity index (χ1) is 5.29. The molecular weight excluding hydrogens is 141 g/mol. The van der Waals surface area contributed by atoms with E-state index in [4.69, 9.17) is 0 Å². The summed E-state index contributed by atoms with van der Waals surface area (Å²) in [7, 11) is 0. The van der Waals surface area contributed by atoms with Crippen molar-refractivity contribution in [2.75, 3.05) is 5.32 Å². The van der Waals surface area contributed by atoms with Gasteiger partial charge in [-0.1, -0.05) is 0 Å². The summed E-state index contributed by atoms with van der Waals surface area (Å²) >= 11 is 0. The number of hydrogen-bond acceptors (Lipinski definition) is 2. The monoisotopic (exact) mass is 145 g/mol. The van der Waals surface area contributed by atoms with Crippen LogP contribution in [0.2, 0.25) is 0 Å². The Morgan fingerprint density at radius 2 is 2.18 bits per heavy atom. The summed E-state index contributed by atoms with van der Waals surface area (Å²) in [5.74, 6) is 2.43. The van der Waals surface area contributed by atoms with Crippen LogP contribution in [0.4, 0.5) is 5.69 Å². The molecule has 4 heteroatoms. The molecule has 0 atom stereocenters. The van der Waals surface area contributed by atoms with E-state index in [1.54, 1.807) is 24.9 Å². The Bertz CT molecular complexity index is 348. The minimum absolute atomic E-state index is 0.444. The molecule has 1 aromatic rings. The number of carbonyl (C=O) groups is 2. The van der Waals surface area contributed by atoms with Gasteiger partial charge in [0.25, 0.3) is 0 Å². The van der Waals surface area contributed by atoms with Crippen LogP contribution in [0.5, 0.6) is 0 Å². The second kappa shape index (κ2) is 2.02. The fourth-order valence-electron chi connectivity index (χ4n) is 1.09.